The van der Waals surface area contributed by atoms with Gasteiger partial charge in [0.25, 0.3) is 0 Å². The number of carbonyl (C=O) groups excluding carboxylic acids is 1. The molecule has 0 aromatic heterocycles. The fourth-order valence-electron chi connectivity index (χ4n) is 2.38. The van der Waals surface area contributed by atoms with Crippen LogP contribution in [0.4, 0.5) is 5.69 Å². The molecule has 1 aliphatic heterocycles. The average Bonchev–Trinajstić information content (AvgIpc) is 2.66. The number of hydrogen-bond donors (Lipinski definition) is 1. The van der Waals surface area contributed by atoms with Crippen molar-refractivity contribution < 1.29 is 4.79 Å². The Labute approximate surface area is 126 Å². The van der Waals surface area contributed by atoms with Crippen molar-refractivity contribution in [1.82, 2.24) is 0 Å². The van der Waals surface area contributed by atoms with E-state index < -0.39 is 6.04 Å². The quantitative estimate of drug-likeness (QED) is 0.922. The van der Waals surface area contributed by atoms with Gasteiger partial charge in [-0.25, -0.2) is 0 Å². The molecule has 2 aromatic carbocycles. The van der Waals surface area contributed by atoms with Gasteiger partial charge in [0, 0.05) is 21.3 Å². The van der Waals surface area contributed by atoms with Gasteiger partial charge in [-0.3, -0.25) is 4.79 Å². The third kappa shape index (κ3) is 2.29. The highest BCUT2D eigenvalue weighted by molar-refractivity contribution is 6.31. The Balaban J connectivity index is 1.95. The molecule has 2 aromatic rings. The molecular weight excluding hydrogens is 295 g/mol. The summed E-state index contributed by atoms with van der Waals surface area (Å²) >= 11 is 11.8. The molecule has 0 bridgehead atoms. The van der Waals surface area contributed by atoms with Crippen LogP contribution in [0.2, 0.25) is 10.0 Å². The maximum absolute atomic E-state index is 12.3. The van der Waals surface area contributed by atoms with Gasteiger partial charge in [0.2, 0.25) is 5.91 Å². The van der Waals surface area contributed by atoms with Gasteiger partial charge in [-0.15, -0.1) is 0 Å². The monoisotopic (exact) mass is 306 g/mol. The van der Waals surface area contributed by atoms with Crippen LogP contribution in [-0.2, 0) is 11.3 Å². The van der Waals surface area contributed by atoms with Crippen molar-refractivity contribution >= 4 is 34.8 Å². The number of carbonyl (C=O) groups is 1. The van der Waals surface area contributed by atoms with E-state index in [1.54, 1.807) is 29.2 Å². The van der Waals surface area contributed by atoms with Crippen LogP contribution >= 0.6 is 23.2 Å². The summed E-state index contributed by atoms with van der Waals surface area (Å²) in [4.78, 5) is 14.0. The van der Waals surface area contributed by atoms with Crippen LogP contribution in [0.3, 0.4) is 0 Å². The summed E-state index contributed by atoms with van der Waals surface area (Å²) in [6, 6.07) is 12.1. The summed E-state index contributed by atoms with van der Waals surface area (Å²) in [5.74, 6) is -0.114. The minimum absolute atomic E-state index is 0.114. The molecule has 0 saturated heterocycles. The number of benzene rings is 2. The predicted octanol–water partition coefficient (Wildman–Crippen LogP) is 3.54. The standard InChI is InChI=1S/C15H12Cl2N2O/c16-10-3-1-9(2-4-10)8-19-13-6-5-11(17)7-12(13)14(18)15(19)20/h1-7,14H,8,18H2/t14-/m1/s1. The number of amides is 1. The highest BCUT2D eigenvalue weighted by Crippen LogP contribution is 2.37. The van der Waals surface area contributed by atoms with Crippen molar-refractivity contribution in [3.63, 3.8) is 0 Å². The molecule has 1 amide bonds. The summed E-state index contributed by atoms with van der Waals surface area (Å²) in [7, 11) is 0. The molecule has 102 valence electrons. The zero-order valence-electron chi connectivity index (χ0n) is 10.5. The third-order valence-electron chi connectivity index (χ3n) is 3.40. The number of hydrogen-bond acceptors (Lipinski definition) is 2. The summed E-state index contributed by atoms with van der Waals surface area (Å²) in [5.41, 5.74) is 8.55. The van der Waals surface area contributed by atoms with E-state index in [0.717, 1.165) is 16.8 Å². The van der Waals surface area contributed by atoms with Crippen LogP contribution in [0.25, 0.3) is 0 Å². The van der Waals surface area contributed by atoms with E-state index in [0.29, 0.717) is 16.6 Å². The number of rotatable bonds is 2. The van der Waals surface area contributed by atoms with Crippen LogP contribution in [0.1, 0.15) is 17.2 Å². The minimum atomic E-state index is -0.643. The summed E-state index contributed by atoms with van der Waals surface area (Å²) in [6.45, 7) is 0.471. The first-order chi connectivity index (χ1) is 9.56. The molecule has 3 rings (SSSR count). The number of nitrogens with two attached hydrogens (primary N) is 1. The first-order valence-electron chi connectivity index (χ1n) is 6.17. The van der Waals surface area contributed by atoms with Crippen molar-refractivity contribution in [3.8, 4) is 0 Å². The molecule has 1 heterocycles. The maximum Gasteiger partial charge on any atom is 0.248 e. The third-order valence-corrected chi connectivity index (χ3v) is 3.89. The fourth-order valence-corrected chi connectivity index (χ4v) is 2.68. The van der Waals surface area contributed by atoms with Crippen LogP contribution < -0.4 is 10.6 Å². The van der Waals surface area contributed by atoms with E-state index >= 15 is 0 Å². The Bertz CT molecular complexity index is 670. The maximum atomic E-state index is 12.3. The van der Waals surface area contributed by atoms with Gasteiger partial charge in [0.15, 0.2) is 0 Å². The lowest BCUT2D eigenvalue weighted by Gasteiger charge is -2.17. The van der Waals surface area contributed by atoms with Crippen molar-refractivity contribution in [1.29, 1.82) is 0 Å². The zero-order valence-corrected chi connectivity index (χ0v) is 12.0. The number of nitrogens with zero attached hydrogens (tertiary/aromatic N) is 1. The second-order valence-electron chi connectivity index (χ2n) is 4.73. The second-order valence-corrected chi connectivity index (χ2v) is 5.60. The van der Waals surface area contributed by atoms with Crippen LogP contribution in [0.15, 0.2) is 42.5 Å². The van der Waals surface area contributed by atoms with Gasteiger partial charge in [-0.1, -0.05) is 35.3 Å². The van der Waals surface area contributed by atoms with E-state index in [1.807, 2.05) is 18.2 Å². The van der Waals surface area contributed by atoms with Crippen molar-refractivity contribution in [3.05, 3.63) is 63.6 Å². The first kappa shape index (κ1) is 13.4. The normalized spacial score (nSPS) is 17.4. The summed E-state index contributed by atoms with van der Waals surface area (Å²) in [5, 5.41) is 1.26. The number of halogens is 2. The molecule has 0 saturated carbocycles. The smallest absolute Gasteiger partial charge is 0.248 e. The Morgan fingerprint density at radius 2 is 1.70 bits per heavy atom. The van der Waals surface area contributed by atoms with E-state index in [4.69, 9.17) is 28.9 Å². The minimum Gasteiger partial charge on any atom is -0.316 e. The van der Waals surface area contributed by atoms with Crippen LogP contribution in [-0.4, -0.2) is 5.91 Å². The molecule has 3 nitrogen and oxygen atoms in total. The largest absolute Gasteiger partial charge is 0.316 e. The van der Waals surface area contributed by atoms with Crippen molar-refractivity contribution in [2.45, 2.75) is 12.6 Å². The van der Waals surface area contributed by atoms with Crippen LogP contribution in [0.5, 0.6) is 0 Å². The average molecular weight is 307 g/mol. The highest BCUT2D eigenvalue weighted by Gasteiger charge is 2.34. The summed E-state index contributed by atoms with van der Waals surface area (Å²) < 4.78 is 0. The molecule has 20 heavy (non-hydrogen) atoms. The Hall–Kier alpha value is -1.55. The fraction of sp³-hybridized carbons (Fsp3) is 0.133. The molecule has 0 unspecified atom stereocenters. The molecule has 0 spiro atoms. The van der Waals surface area contributed by atoms with Crippen molar-refractivity contribution in [2.75, 3.05) is 4.90 Å². The Morgan fingerprint density at radius 3 is 2.40 bits per heavy atom. The lowest BCUT2D eigenvalue weighted by atomic mass is 10.1. The van der Waals surface area contributed by atoms with Gasteiger partial charge in [-0.05, 0) is 35.9 Å². The summed E-state index contributed by atoms with van der Waals surface area (Å²) in [6.07, 6.45) is 0. The number of anilines is 1. The van der Waals surface area contributed by atoms with E-state index in [2.05, 4.69) is 0 Å². The second kappa shape index (κ2) is 5.09. The Morgan fingerprint density at radius 1 is 1.05 bits per heavy atom. The zero-order chi connectivity index (χ0) is 14.3. The Kier molecular flexibility index (Phi) is 3.42. The highest BCUT2D eigenvalue weighted by atomic mass is 35.5. The molecule has 1 atom stereocenters. The first-order valence-corrected chi connectivity index (χ1v) is 6.93. The predicted molar refractivity (Wildman–Crippen MR) is 81.0 cm³/mol. The van der Waals surface area contributed by atoms with E-state index in [-0.39, 0.29) is 5.91 Å². The van der Waals surface area contributed by atoms with E-state index in [1.165, 1.54) is 0 Å². The van der Waals surface area contributed by atoms with Crippen LogP contribution in [0, 0.1) is 0 Å². The van der Waals surface area contributed by atoms with Gasteiger partial charge in [0.1, 0.15) is 6.04 Å². The van der Waals surface area contributed by atoms with Gasteiger partial charge in [-0.2, -0.15) is 0 Å². The lowest BCUT2D eigenvalue weighted by molar-refractivity contribution is -0.119. The SMILES string of the molecule is N[C@H]1C(=O)N(Cc2ccc(Cl)cc2)c2ccc(Cl)cc21. The molecule has 5 heteroatoms. The van der Waals surface area contributed by atoms with Gasteiger partial charge < -0.3 is 10.6 Å². The molecule has 0 fully saturated rings. The molecular formula is C15H12Cl2N2O. The van der Waals surface area contributed by atoms with Crippen molar-refractivity contribution in [2.24, 2.45) is 5.73 Å². The van der Waals surface area contributed by atoms with Gasteiger partial charge >= 0.3 is 0 Å². The lowest BCUT2D eigenvalue weighted by Crippen LogP contribution is -2.31. The topological polar surface area (TPSA) is 46.3 Å². The molecule has 1 aliphatic rings. The van der Waals surface area contributed by atoms with Gasteiger partial charge in [0.05, 0.1) is 6.54 Å². The molecule has 0 radical (unpaired) electrons. The number of fused-ring (bicyclic) bond motifs is 1. The van der Waals surface area contributed by atoms with E-state index in [9.17, 15) is 4.79 Å². The molecule has 2 N–H and O–H groups in total. The molecule has 0 aliphatic carbocycles.